The number of aryl methyl sites for hydroxylation is 1. The lowest BCUT2D eigenvalue weighted by Gasteiger charge is -2.33. The lowest BCUT2D eigenvalue weighted by atomic mass is 9.87. The molecule has 0 amide bonds. The molecule has 2 aliphatic rings. The summed E-state index contributed by atoms with van der Waals surface area (Å²) < 4.78 is 5.97. The zero-order chi connectivity index (χ0) is 13.7. The van der Waals surface area contributed by atoms with Crippen LogP contribution in [-0.4, -0.2) is 16.7 Å². The Morgan fingerprint density at radius 3 is 2.68 bits per heavy atom. The summed E-state index contributed by atoms with van der Waals surface area (Å²) in [5, 5.41) is 9.03. The molecule has 102 valence electrons. The fourth-order valence-electron chi connectivity index (χ4n) is 3.00. The van der Waals surface area contributed by atoms with E-state index in [1.165, 1.54) is 11.1 Å². The number of ether oxygens (including phenoxy) is 1. The largest absolute Gasteiger partial charge is 0.488 e. The molecule has 0 unspecified atom stereocenters. The fourth-order valence-corrected chi connectivity index (χ4v) is 3.00. The predicted octanol–water partition coefficient (Wildman–Crippen LogP) is 3.30. The Hall–Kier alpha value is -1.51. The molecular formula is C16H20O3. The first-order chi connectivity index (χ1) is 8.90. The van der Waals surface area contributed by atoms with Crippen molar-refractivity contribution in [1.29, 1.82) is 0 Å². The van der Waals surface area contributed by atoms with Crippen LogP contribution in [0.15, 0.2) is 18.2 Å². The van der Waals surface area contributed by atoms with Gasteiger partial charge < -0.3 is 9.84 Å². The summed E-state index contributed by atoms with van der Waals surface area (Å²) in [5.74, 6) is 0.263. The first-order valence-corrected chi connectivity index (χ1v) is 6.95. The van der Waals surface area contributed by atoms with E-state index in [2.05, 4.69) is 26.0 Å². The summed E-state index contributed by atoms with van der Waals surface area (Å²) in [6, 6.07) is 6.24. The Morgan fingerprint density at radius 1 is 1.32 bits per heavy atom. The molecule has 0 saturated heterocycles. The van der Waals surface area contributed by atoms with Crippen LogP contribution in [0.4, 0.5) is 0 Å². The van der Waals surface area contributed by atoms with Crippen molar-refractivity contribution < 1.29 is 14.6 Å². The smallest absolute Gasteiger partial charge is 0.304 e. The van der Waals surface area contributed by atoms with Crippen molar-refractivity contribution in [2.24, 2.45) is 0 Å². The highest BCUT2D eigenvalue weighted by Gasteiger charge is 2.46. The Kier molecular flexibility index (Phi) is 2.63. The van der Waals surface area contributed by atoms with Gasteiger partial charge in [-0.1, -0.05) is 12.1 Å². The molecule has 1 N–H and O–H groups in total. The molecule has 1 heterocycles. The monoisotopic (exact) mass is 260 g/mol. The van der Waals surface area contributed by atoms with Crippen molar-refractivity contribution in [3.05, 3.63) is 29.3 Å². The van der Waals surface area contributed by atoms with E-state index in [4.69, 9.17) is 9.84 Å². The van der Waals surface area contributed by atoms with Crippen LogP contribution < -0.4 is 4.74 Å². The van der Waals surface area contributed by atoms with Crippen LogP contribution in [-0.2, 0) is 16.6 Å². The Morgan fingerprint density at radius 2 is 2.05 bits per heavy atom. The molecule has 0 aromatic heterocycles. The van der Waals surface area contributed by atoms with E-state index in [-0.39, 0.29) is 17.4 Å². The van der Waals surface area contributed by atoms with Crippen molar-refractivity contribution in [3.8, 4) is 5.75 Å². The highest BCUT2D eigenvalue weighted by atomic mass is 16.5. The number of hydrogen-bond acceptors (Lipinski definition) is 2. The molecular weight excluding hydrogens is 240 g/mol. The van der Waals surface area contributed by atoms with E-state index in [9.17, 15) is 4.79 Å². The fraction of sp³-hybridized carbons (Fsp3) is 0.562. The summed E-state index contributed by atoms with van der Waals surface area (Å²) in [6.07, 6.45) is 4.25. The first kappa shape index (κ1) is 12.5. The third kappa shape index (κ3) is 2.34. The quantitative estimate of drug-likeness (QED) is 0.907. The molecule has 1 aromatic carbocycles. The van der Waals surface area contributed by atoms with Crippen molar-refractivity contribution >= 4 is 5.97 Å². The molecule has 1 fully saturated rings. The number of carboxylic acids is 1. The molecule has 0 bridgehead atoms. The topological polar surface area (TPSA) is 46.5 Å². The molecule has 3 heteroatoms. The van der Waals surface area contributed by atoms with Gasteiger partial charge in [-0.15, -0.1) is 0 Å². The van der Waals surface area contributed by atoms with E-state index < -0.39 is 5.97 Å². The molecule has 1 aromatic rings. The molecule has 1 aliphatic carbocycles. The molecule has 1 saturated carbocycles. The van der Waals surface area contributed by atoms with Gasteiger partial charge in [-0.05, 0) is 56.7 Å². The predicted molar refractivity (Wildman–Crippen MR) is 72.6 cm³/mol. The average molecular weight is 260 g/mol. The van der Waals surface area contributed by atoms with E-state index >= 15 is 0 Å². The molecule has 3 nitrogen and oxygen atoms in total. The second kappa shape index (κ2) is 3.99. The van der Waals surface area contributed by atoms with E-state index in [1.54, 1.807) is 0 Å². The summed E-state index contributed by atoms with van der Waals surface area (Å²) in [7, 11) is 0. The van der Waals surface area contributed by atoms with Crippen LogP contribution in [0.1, 0.15) is 50.7 Å². The minimum Gasteiger partial charge on any atom is -0.488 e. The van der Waals surface area contributed by atoms with E-state index in [1.807, 2.05) is 6.07 Å². The highest BCUT2D eigenvalue weighted by molar-refractivity contribution is 5.70. The zero-order valence-electron chi connectivity index (χ0n) is 11.5. The maximum atomic E-state index is 11.0. The number of carbonyl (C=O) groups is 1. The van der Waals surface area contributed by atoms with Crippen LogP contribution in [0.25, 0.3) is 0 Å². The Bertz CT molecular complexity index is 527. The SMILES string of the molecule is CC1(C)CCc2cc(C3(CC(=O)O)CC3)ccc2O1. The summed E-state index contributed by atoms with van der Waals surface area (Å²) in [6.45, 7) is 4.22. The van der Waals surface area contributed by atoms with Gasteiger partial charge in [0.05, 0.1) is 6.42 Å². The molecule has 0 atom stereocenters. The third-order valence-electron chi connectivity index (χ3n) is 4.40. The van der Waals surface area contributed by atoms with Gasteiger partial charge in [-0.25, -0.2) is 0 Å². The average Bonchev–Trinajstić information content (AvgIpc) is 3.07. The number of rotatable bonds is 3. The van der Waals surface area contributed by atoms with Gasteiger partial charge in [-0.2, -0.15) is 0 Å². The normalized spacial score (nSPS) is 22.2. The molecule has 1 aliphatic heterocycles. The van der Waals surface area contributed by atoms with Gasteiger partial charge in [0.25, 0.3) is 0 Å². The lowest BCUT2D eigenvalue weighted by Crippen LogP contribution is -2.32. The van der Waals surface area contributed by atoms with Crippen LogP contribution in [0.2, 0.25) is 0 Å². The van der Waals surface area contributed by atoms with Crippen molar-refractivity contribution in [2.45, 2.75) is 57.0 Å². The number of hydrogen-bond donors (Lipinski definition) is 1. The first-order valence-electron chi connectivity index (χ1n) is 6.95. The van der Waals surface area contributed by atoms with Gasteiger partial charge >= 0.3 is 5.97 Å². The lowest BCUT2D eigenvalue weighted by molar-refractivity contribution is -0.137. The number of carboxylic acid groups (broad SMARTS) is 1. The number of fused-ring (bicyclic) bond motifs is 1. The summed E-state index contributed by atoms with van der Waals surface area (Å²) in [5.41, 5.74) is 2.21. The highest BCUT2D eigenvalue weighted by Crippen LogP contribution is 2.52. The van der Waals surface area contributed by atoms with Gasteiger partial charge in [0.15, 0.2) is 0 Å². The molecule has 3 rings (SSSR count). The standard InChI is InChI=1S/C16H20O3/c1-15(2)6-5-11-9-12(3-4-13(11)19-15)16(7-8-16)10-14(17)18/h3-4,9H,5-8,10H2,1-2H3,(H,17,18). The third-order valence-corrected chi connectivity index (χ3v) is 4.40. The minimum absolute atomic E-state index is 0.0904. The molecule has 0 radical (unpaired) electrons. The molecule has 19 heavy (non-hydrogen) atoms. The number of aliphatic carboxylic acids is 1. The number of benzene rings is 1. The van der Waals surface area contributed by atoms with Crippen molar-refractivity contribution in [1.82, 2.24) is 0 Å². The maximum Gasteiger partial charge on any atom is 0.304 e. The summed E-state index contributed by atoms with van der Waals surface area (Å²) in [4.78, 5) is 11.0. The van der Waals surface area contributed by atoms with Crippen LogP contribution in [0.5, 0.6) is 5.75 Å². The van der Waals surface area contributed by atoms with Crippen LogP contribution in [0, 0.1) is 0 Å². The molecule has 0 spiro atoms. The van der Waals surface area contributed by atoms with Gasteiger partial charge in [0.2, 0.25) is 0 Å². The van der Waals surface area contributed by atoms with Crippen LogP contribution in [0.3, 0.4) is 0 Å². The van der Waals surface area contributed by atoms with Crippen molar-refractivity contribution in [3.63, 3.8) is 0 Å². The Labute approximate surface area is 113 Å². The van der Waals surface area contributed by atoms with Crippen molar-refractivity contribution in [2.75, 3.05) is 0 Å². The van der Waals surface area contributed by atoms with Crippen LogP contribution >= 0.6 is 0 Å². The van der Waals surface area contributed by atoms with Gasteiger partial charge in [0.1, 0.15) is 11.4 Å². The summed E-state index contributed by atoms with van der Waals surface area (Å²) >= 11 is 0. The van der Waals surface area contributed by atoms with E-state index in [0.717, 1.165) is 31.4 Å². The van der Waals surface area contributed by atoms with Gasteiger partial charge in [0, 0.05) is 5.41 Å². The van der Waals surface area contributed by atoms with Gasteiger partial charge in [-0.3, -0.25) is 4.79 Å². The Balaban J connectivity index is 1.89. The second-order valence-corrected chi connectivity index (χ2v) is 6.54. The second-order valence-electron chi connectivity index (χ2n) is 6.54. The maximum absolute atomic E-state index is 11.0. The minimum atomic E-state index is -0.701. The zero-order valence-corrected chi connectivity index (χ0v) is 11.5. The van der Waals surface area contributed by atoms with E-state index in [0.29, 0.717) is 0 Å².